The molecule has 0 bridgehead atoms. The third-order valence-electron chi connectivity index (χ3n) is 2.03. The first-order chi connectivity index (χ1) is 8.15. The van der Waals surface area contributed by atoms with Crippen molar-refractivity contribution in [3.05, 3.63) is 58.1 Å². The van der Waals surface area contributed by atoms with Gasteiger partial charge in [0, 0.05) is 11.6 Å². The van der Waals surface area contributed by atoms with Crippen LogP contribution in [0.4, 0.5) is 10.2 Å². The van der Waals surface area contributed by atoms with Crippen LogP contribution in [-0.4, -0.2) is 16.1 Å². The minimum Gasteiger partial charge on any atom is -0.305 e. The topological polar surface area (TPSA) is 74.8 Å². The van der Waals surface area contributed by atoms with Gasteiger partial charge in [-0.25, -0.2) is 9.49 Å². The molecular weight excluding hydrogens is 225 g/mol. The molecule has 0 spiro atoms. The van der Waals surface area contributed by atoms with Gasteiger partial charge in [0.05, 0.1) is 0 Å². The predicted molar refractivity (Wildman–Crippen MR) is 59.2 cm³/mol. The van der Waals surface area contributed by atoms with Gasteiger partial charge in [0.25, 0.3) is 11.5 Å². The number of amides is 1. The number of nitrogens with zero attached hydrogens (tertiary/aromatic N) is 1. The summed E-state index contributed by atoms with van der Waals surface area (Å²) in [6, 6.07) is 7.71. The van der Waals surface area contributed by atoms with Gasteiger partial charge in [0.15, 0.2) is 5.82 Å². The normalized spacial score (nSPS) is 9.94. The lowest BCUT2D eigenvalue weighted by Gasteiger charge is -2.03. The molecule has 5 nitrogen and oxygen atoms in total. The predicted octanol–water partition coefficient (Wildman–Crippen LogP) is 1.16. The molecular formula is C11H8FN3O2. The lowest BCUT2D eigenvalue weighted by atomic mass is 10.2. The third-order valence-corrected chi connectivity index (χ3v) is 2.03. The molecule has 2 rings (SSSR count). The molecule has 1 heterocycles. The van der Waals surface area contributed by atoms with E-state index in [4.69, 9.17) is 0 Å². The van der Waals surface area contributed by atoms with E-state index in [-0.39, 0.29) is 11.4 Å². The van der Waals surface area contributed by atoms with E-state index < -0.39 is 11.7 Å². The minimum absolute atomic E-state index is 0.221. The maximum absolute atomic E-state index is 12.6. The number of hydrogen-bond acceptors (Lipinski definition) is 3. The summed E-state index contributed by atoms with van der Waals surface area (Å²) in [5.41, 5.74) is -0.0517. The molecule has 1 amide bonds. The highest BCUT2D eigenvalue weighted by Crippen LogP contribution is 2.05. The third kappa shape index (κ3) is 2.75. The molecule has 1 aromatic carbocycles. The van der Waals surface area contributed by atoms with Crippen LogP contribution in [0.5, 0.6) is 0 Å². The van der Waals surface area contributed by atoms with Crippen LogP contribution < -0.4 is 10.9 Å². The van der Waals surface area contributed by atoms with Crippen molar-refractivity contribution in [1.29, 1.82) is 0 Å². The fraction of sp³-hybridized carbons (Fsp3) is 0. The highest BCUT2D eigenvalue weighted by molar-refractivity contribution is 6.03. The fourth-order valence-electron chi connectivity index (χ4n) is 1.20. The molecule has 0 saturated carbocycles. The lowest BCUT2D eigenvalue weighted by Crippen LogP contribution is -2.15. The van der Waals surface area contributed by atoms with Crippen molar-refractivity contribution in [2.24, 2.45) is 0 Å². The molecule has 0 saturated heterocycles. The molecule has 2 aromatic rings. The number of carbonyl (C=O) groups excluding carboxylic acids is 1. The summed E-state index contributed by atoms with van der Waals surface area (Å²) in [5.74, 6) is -0.618. The van der Waals surface area contributed by atoms with Crippen LogP contribution >= 0.6 is 0 Å². The van der Waals surface area contributed by atoms with Gasteiger partial charge < -0.3 is 5.32 Å². The Morgan fingerprint density at radius 3 is 2.47 bits per heavy atom. The second kappa shape index (κ2) is 4.56. The summed E-state index contributed by atoms with van der Waals surface area (Å²) in [7, 11) is 0. The van der Waals surface area contributed by atoms with Crippen molar-refractivity contribution in [1.82, 2.24) is 10.2 Å². The van der Waals surface area contributed by atoms with Crippen molar-refractivity contribution in [3.8, 4) is 0 Å². The van der Waals surface area contributed by atoms with Crippen molar-refractivity contribution >= 4 is 11.7 Å². The van der Waals surface area contributed by atoms with Gasteiger partial charge in [-0.15, -0.1) is 0 Å². The molecule has 0 aliphatic carbocycles. The van der Waals surface area contributed by atoms with E-state index in [1.807, 2.05) is 0 Å². The lowest BCUT2D eigenvalue weighted by molar-refractivity contribution is 0.102. The Hall–Kier alpha value is -2.50. The van der Waals surface area contributed by atoms with Gasteiger partial charge in [-0.3, -0.25) is 9.59 Å². The van der Waals surface area contributed by atoms with E-state index in [9.17, 15) is 14.0 Å². The van der Waals surface area contributed by atoms with Crippen molar-refractivity contribution in [2.45, 2.75) is 0 Å². The molecule has 0 aliphatic heterocycles. The number of H-pyrrole nitrogens is 1. The van der Waals surface area contributed by atoms with Crippen LogP contribution in [0.3, 0.4) is 0 Å². The number of aromatic nitrogens is 2. The number of carbonyl (C=O) groups is 1. The highest BCUT2D eigenvalue weighted by Gasteiger charge is 2.06. The zero-order chi connectivity index (χ0) is 12.3. The second-order valence-electron chi connectivity index (χ2n) is 3.27. The molecule has 1 aromatic heterocycles. The summed E-state index contributed by atoms with van der Waals surface area (Å²) in [6.45, 7) is 0. The Morgan fingerprint density at radius 1 is 1.18 bits per heavy atom. The maximum Gasteiger partial charge on any atom is 0.264 e. The van der Waals surface area contributed by atoms with E-state index in [0.29, 0.717) is 5.56 Å². The van der Waals surface area contributed by atoms with Crippen LogP contribution in [0.15, 0.2) is 41.2 Å². The molecule has 0 atom stereocenters. The number of anilines is 1. The Kier molecular flexibility index (Phi) is 2.95. The maximum atomic E-state index is 12.6. The first-order valence-corrected chi connectivity index (χ1v) is 4.78. The highest BCUT2D eigenvalue weighted by atomic mass is 19.1. The molecule has 0 radical (unpaired) electrons. The number of halogens is 1. The van der Waals surface area contributed by atoms with E-state index in [1.54, 1.807) is 0 Å². The largest absolute Gasteiger partial charge is 0.305 e. The van der Waals surface area contributed by atoms with E-state index in [2.05, 4.69) is 15.5 Å². The van der Waals surface area contributed by atoms with Gasteiger partial charge in [-0.2, -0.15) is 5.10 Å². The first-order valence-electron chi connectivity index (χ1n) is 4.78. The van der Waals surface area contributed by atoms with Crippen LogP contribution in [0, 0.1) is 5.82 Å². The number of aromatic amines is 1. The summed E-state index contributed by atoms with van der Waals surface area (Å²) in [6.07, 6.45) is 0. The Balaban J connectivity index is 2.14. The monoisotopic (exact) mass is 233 g/mol. The Labute approximate surface area is 95.3 Å². The van der Waals surface area contributed by atoms with Gasteiger partial charge in [-0.1, -0.05) is 0 Å². The fourth-order valence-corrected chi connectivity index (χ4v) is 1.20. The minimum atomic E-state index is -0.426. The van der Waals surface area contributed by atoms with Crippen LogP contribution in [0.1, 0.15) is 10.4 Å². The van der Waals surface area contributed by atoms with Crippen molar-refractivity contribution < 1.29 is 9.18 Å². The molecule has 17 heavy (non-hydrogen) atoms. The molecule has 0 aliphatic rings. The summed E-state index contributed by atoms with van der Waals surface area (Å²) >= 11 is 0. The van der Waals surface area contributed by atoms with Crippen LogP contribution in [0.25, 0.3) is 0 Å². The number of nitrogens with one attached hydrogen (secondary N) is 2. The van der Waals surface area contributed by atoms with Crippen LogP contribution in [-0.2, 0) is 0 Å². The van der Waals surface area contributed by atoms with Crippen LogP contribution in [0.2, 0.25) is 0 Å². The van der Waals surface area contributed by atoms with E-state index in [1.165, 1.54) is 36.4 Å². The van der Waals surface area contributed by atoms with Crippen molar-refractivity contribution in [2.75, 3.05) is 5.32 Å². The van der Waals surface area contributed by atoms with E-state index in [0.717, 1.165) is 0 Å². The van der Waals surface area contributed by atoms with Gasteiger partial charge in [-0.05, 0) is 30.3 Å². The zero-order valence-electron chi connectivity index (χ0n) is 8.61. The molecule has 0 fully saturated rings. The summed E-state index contributed by atoms with van der Waals surface area (Å²) < 4.78 is 12.6. The zero-order valence-corrected chi connectivity index (χ0v) is 8.61. The summed E-state index contributed by atoms with van der Waals surface area (Å²) in [4.78, 5) is 22.4. The Bertz CT molecular complexity index is 572. The summed E-state index contributed by atoms with van der Waals surface area (Å²) in [5, 5.41) is 8.27. The molecule has 86 valence electrons. The average Bonchev–Trinajstić information content (AvgIpc) is 2.33. The number of rotatable bonds is 2. The quantitative estimate of drug-likeness (QED) is 0.817. The Morgan fingerprint density at radius 2 is 1.88 bits per heavy atom. The van der Waals surface area contributed by atoms with Gasteiger partial charge >= 0.3 is 0 Å². The standard InChI is InChI=1S/C11H8FN3O2/c12-8-3-1-7(2-4-8)11(17)13-9-5-6-10(16)15-14-9/h1-6H,(H,15,16)(H,13,14,17). The molecule has 6 heteroatoms. The smallest absolute Gasteiger partial charge is 0.264 e. The first kappa shape index (κ1) is 11.0. The SMILES string of the molecule is O=C(Nc1ccc(=O)[nH]n1)c1ccc(F)cc1. The number of hydrogen-bond donors (Lipinski definition) is 2. The molecule has 0 unspecified atom stereocenters. The molecule has 2 N–H and O–H groups in total. The average molecular weight is 233 g/mol. The second-order valence-corrected chi connectivity index (χ2v) is 3.27. The number of benzene rings is 1. The van der Waals surface area contributed by atoms with E-state index >= 15 is 0 Å². The van der Waals surface area contributed by atoms with Gasteiger partial charge in [0.1, 0.15) is 5.82 Å². The van der Waals surface area contributed by atoms with Gasteiger partial charge in [0.2, 0.25) is 0 Å². The van der Waals surface area contributed by atoms with Crippen molar-refractivity contribution in [3.63, 3.8) is 0 Å².